The molecule has 6 saturated heterocycles. The molecule has 2 bridgehead atoms. The van der Waals surface area contributed by atoms with Crippen LogP contribution in [0.15, 0.2) is 11.0 Å². The topological polar surface area (TPSA) is 162 Å². The Balaban J connectivity index is 0.000000215. The monoisotopic (exact) mass is 838 g/mol. The molecular weight excluding hydrogens is 791 g/mol. The van der Waals surface area contributed by atoms with Crippen LogP contribution < -0.4 is 5.32 Å². The quantitative estimate of drug-likeness (QED) is 0.0908. The maximum absolute atomic E-state index is 12.1. The Morgan fingerprint density at radius 1 is 1.12 bits per heavy atom. The summed E-state index contributed by atoms with van der Waals surface area (Å²) in [6.45, 7) is 9.42. The van der Waals surface area contributed by atoms with Gasteiger partial charge < -0.3 is 44.0 Å². The number of esters is 1. The van der Waals surface area contributed by atoms with Crippen molar-refractivity contribution < 1.29 is 77.7 Å². The Kier molecular flexibility index (Phi) is 14.8. The molecule has 4 atom stereocenters. The van der Waals surface area contributed by atoms with Crippen molar-refractivity contribution in [3.8, 4) is 11.8 Å². The Hall–Kier alpha value is -1.52. The van der Waals surface area contributed by atoms with E-state index in [4.69, 9.17) is 38.6 Å². The molecule has 7 aliphatic heterocycles. The Labute approximate surface area is 314 Å². The van der Waals surface area contributed by atoms with E-state index in [2.05, 4.69) is 24.1 Å². The fourth-order valence-corrected chi connectivity index (χ4v) is 8.32. The number of nitrogens with one attached hydrogen (secondary N) is 1. The molecule has 1 unspecified atom stereocenters. The number of aliphatic hydroxyl groups excluding tert-OH is 2. The fraction of sp³-hybridized carbons (Fsp3) is 0.788. The van der Waals surface area contributed by atoms with Gasteiger partial charge in [0, 0.05) is 41.6 Å². The summed E-state index contributed by atoms with van der Waals surface area (Å²) < 4.78 is 42.3. The molecule has 0 aromatic rings. The molecule has 0 saturated carbocycles. The summed E-state index contributed by atoms with van der Waals surface area (Å²) >= 11 is 4.89. The van der Waals surface area contributed by atoms with Crippen LogP contribution >= 0.6 is 23.5 Å². The van der Waals surface area contributed by atoms with Crippen molar-refractivity contribution in [1.29, 1.82) is 0 Å². The fourth-order valence-electron chi connectivity index (χ4n) is 5.88. The van der Waals surface area contributed by atoms with Crippen LogP contribution in [0, 0.1) is 22.7 Å². The molecule has 0 spiro atoms. The van der Waals surface area contributed by atoms with Gasteiger partial charge in [-0.2, -0.15) is 0 Å². The number of nitrogens with zero attached hydrogens (tertiary/aromatic N) is 1. The number of fused-ring (bicyclic) bond motifs is 5. The maximum atomic E-state index is 12.1. The average molecular weight is 840 g/mol. The SMILES string of the molecule is CC(CO)(CO)COC(=O)CCCC1=C[C@H]2OC(=O)NC2CS1.CC12COC(CCCC#C[C@H]3OC(=O)N4[C@H]3CSC4(C)C)(OC1)OC2.[F][Ag]. The van der Waals surface area contributed by atoms with Crippen LogP contribution in [0.3, 0.4) is 0 Å². The molecule has 2 amide bonds. The second-order valence-corrected chi connectivity index (χ2v) is 17.0. The Morgan fingerprint density at radius 3 is 2.46 bits per heavy atom. The number of amides is 2. The van der Waals surface area contributed by atoms with E-state index < -0.39 is 11.4 Å². The van der Waals surface area contributed by atoms with Crippen molar-refractivity contribution in [2.75, 3.05) is 51.1 Å². The molecule has 0 aliphatic carbocycles. The minimum absolute atomic E-state index is 0.00164. The first-order valence-corrected chi connectivity index (χ1v) is 19.2. The zero-order valence-electron chi connectivity index (χ0n) is 28.8. The summed E-state index contributed by atoms with van der Waals surface area (Å²) in [7, 11) is 0. The summed E-state index contributed by atoms with van der Waals surface area (Å²) in [6.07, 6.45) is 4.62. The zero-order valence-corrected chi connectivity index (χ0v) is 31.9. The van der Waals surface area contributed by atoms with Crippen LogP contribution in [-0.4, -0.2) is 120 Å². The van der Waals surface area contributed by atoms with Gasteiger partial charge in [0.2, 0.25) is 0 Å². The number of carbonyl (C=O) groups excluding carboxylic acids is 3. The van der Waals surface area contributed by atoms with Gasteiger partial charge in [0.1, 0.15) is 12.7 Å². The number of unbranched alkanes of at least 4 members (excludes halogenated alkanes) is 1. The minimum atomic E-state index is -0.873. The van der Waals surface area contributed by atoms with Gasteiger partial charge in [-0.05, 0) is 44.1 Å². The predicted octanol–water partition coefficient (Wildman–Crippen LogP) is 3.79. The molecule has 6 fully saturated rings. The first-order valence-electron chi connectivity index (χ1n) is 16.6. The molecule has 286 valence electrons. The number of alkyl carbamates (subject to hydrolysis) is 1. The third kappa shape index (κ3) is 10.5. The van der Waals surface area contributed by atoms with Gasteiger partial charge in [-0.25, -0.2) is 9.59 Å². The van der Waals surface area contributed by atoms with E-state index in [-0.39, 0.29) is 79.0 Å². The third-order valence-electron chi connectivity index (χ3n) is 9.13. The van der Waals surface area contributed by atoms with E-state index in [1.54, 1.807) is 30.4 Å². The van der Waals surface area contributed by atoms with E-state index in [1.165, 1.54) is 21.6 Å². The van der Waals surface area contributed by atoms with Crippen LogP contribution in [0.2, 0.25) is 0 Å². The van der Waals surface area contributed by atoms with Gasteiger partial charge in [-0.15, -0.1) is 23.5 Å². The molecule has 13 nitrogen and oxygen atoms in total. The normalized spacial score (nSPS) is 31.6. The summed E-state index contributed by atoms with van der Waals surface area (Å²) in [5.74, 6) is 6.73. The summed E-state index contributed by atoms with van der Waals surface area (Å²) in [5.41, 5.74) is -0.807. The van der Waals surface area contributed by atoms with E-state index in [1.807, 2.05) is 24.8 Å². The van der Waals surface area contributed by atoms with E-state index in [0.717, 1.165) is 29.3 Å². The summed E-state index contributed by atoms with van der Waals surface area (Å²) in [6, 6.07) is 0.0961. The molecule has 17 heteroatoms. The number of allylic oxidation sites excluding steroid dienone is 1. The number of hydrogen-bond donors (Lipinski definition) is 3. The molecule has 0 aromatic heterocycles. The molecule has 50 heavy (non-hydrogen) atoms. The Bertz CT molecular complexity index is 1280. The number of aliphatic hydroxyl groups is 2. The van der Waals surface area contributed by atoms with E-state index in [9.17, 15) is 17.4 Å². The molecule has 7 rings (SSSR count). The molecule has 7 aliphatic rings. The van der Waals surface area contributed by atoms with Crippen molar-refractivity contribution in [2.24, 2.45) is 10.8 Å². The van der Waals surface area contributed by atoms with Gasteiger partial charge in [-0.1, -0.05) is 25.7 Å². The number of ether oxygens (including phenoxy) is 6. The molecule has 0 aromatic carbocycles. The molecule has 3 N–H and O–H groups in total. The van der Waals surface area contributed by atoms with Crippen molar-refractivity contribution in [1.82, 2.24) is 10.2 Å². The van der Waals surface area contributed by atoms with Gasteiger partial charge in [0.05, 0.1) is 50.0 Å². The van der Waals surface area contributed by atoms with Crippen LogP contribution in [0.1, 0.15) is 66.2 Å². The van der Waals surface area contributed by atoms with Crippen molar-refractivity contribution in [3.63, 3.8) is 0 Å². The summed E-state index contributed by atoms with van der Waals surface area (Å²) in [4.78, 5) is 37.6. The number of hydrogen-bond acceptors (Lipinski definition) is 13. The van der Waals surface area contributed by atoms with Gasteiger partial charge in [0.15, 0.2) is 6.10 Å². The number of halogens is 1. The van der Waals surface area contributed by atoms with Crippen LogP contribution in [0.25, 0.3) is 0 Å². The van der Waals surface area contributed by atoms with Crippen LogP contribution in [-0.2, 0) is 54.8 Å². The van der Waals surface area contributed by atoms with Gasteiger partial charge in [-0.3, -0.25) is 9.69 Å². The van der Waals surface area contributed by atoms with Gasteiger partial charge >= 0.3 is 42.8 Å². The first-order chi connectivity index (χ1) is 23.8. The van der Waals surface area contributed by atoms with Crippen molar-refractivity contribution in [2.45, 2.75) is 101 Å². The molecular formula is C33H48AgFN2O11S2. The second-order valence-electron chi connectivity index (χ2n) is 14.2. The van der Waals surface area contributed by atoms with Crippen LogP contribution in [0.5, 0.6) is 0 Å². The van der Waals surface area contributed by atoms with Crippen molar-refractivity contribution in [3.05, 3.63) is 11.0 Å². The van der Waals surface area contributed by atoms with E-state index in [0.29, 0.717) is 39.1 Å². The second kappa shape index (κ2) is 18.0. The zero-order chi connectivity index (χ0) is 36.6. The number of rotatable bonds is 11. The number of thioether (sulfide) groups is 2. The average Bonchev–Trinajstić information content (AvgIpc) is 3.76. The standard InChI is InChI=1S/C18H25NO5S.C15H23NO6S.Ag.FH/c1-16(2)19-13(9-25-16)14(24-15(19)20)7-5-4-6-8-18-21-10-17(3,11-22-18)12-23-18;1-15(7-17,8-18)9-21-13(19)4-2-3-10-5-12-11(6-23-10)16-14(20)22-12;;/h13-14H,4,6,8-12H2,1-3H3;5,11-12,17-18H,2-4,6-9H2,1H3,(H,16,20);;1H/q;;+1;/p-1/t13-,14+,17?,18?;11?,12-;;/m01../s1. The Morgan fingerprint density at radius 2 is 1.80 bits per heavy atom. The van der Waals surface area contributed by atoms with Crippen molar-refractivity contribution >= 4 is 41.7 Å². The summed E-state index contributed by atoms with van der Waals surface area (Å²) in [5, 5.41) is 21.0. The number of carbonyl (C=O) groups is 3. The molecule has 7 heterocycles. The predicted molar refractivity (Wildman–Crippen MR) is 179 cm³/mol. The molecule has 0 radical (unpaired) electrons. The van der Waals surface area contributed by atoms with Crippen LogP contribution in [0.4, 0.5) is 12.6 Å². The third-order valence-corrected chi connectivity index (χ3v) is 11.8. The van der Waals surface area contributed by atoms with E-state index >= 15 is 0 Å². The first kappa shape index (κ1) is 41.2. The van der Waals surface area contributed by atoms with Gasteiger partial charge in [0.25, 0.3) is 5.97 Å². The number of cyclic esters (lactones) is 1.